The van der Waals surface area contributed by atoms with Crippen molar-refractivity contribution in [2.75, 3.05) is 20.4 Å². The minimum absolute atomic E-state index is 0.0591. The van der Waals surface area contributed by atoms with Crippen LogP contribution < -0.4 is 0 Å². The van der Waals surface area contributed by atoms with Crippen LogP contribution in [-0.2, 0) is 10.0 Å². The minimum atomic E-state index is -3.53. The summed E-state index contributed by atoms with van der Waals surface area (Å²) in [6.07, 6.45) is 0.988. The summed E-state index contributed by atoms with van der Waals surface area (Å²) in [6, 6.07) is 5.53. The number of nitro groups is 1. The van der Waals surface area contributed by atoms with Gasteiger partial charge in [-0.1, -0.05) is 0 Å². The number of sulfonamides is 1. The molecule has 0 spiro atoms. The van der Waals surface area contributed by atoms with E-state index in [1.165, 1.54) is 29.2 Å². The molecule has 0 unspecified atom stereocenters. The van der Waals surface area contributed by atoms with Crippen molar-refractivity contribution in [3.05, 3.63) is 39.9 Å². The first kappa shape index (κ1) is 14.1. The van der Waals surface area contributed by atoms with Crippen molar-refractivity contribution in [2.24, 2.45) is 4.40 Å². The van der Waals surface area contributed by atoms with Crippen molar-refractivity contribution in [3.8, 4) is 0 Å². The number of benzene rings is 1. The van der Waals surface area contributed by atoms with Gasteiger partial charge in [0, 0.05) is 31.8 Å². The molecular weight excluding hydrogens is 258 g/mol. The van der Waals surface area contributed by atoms with Gasteiger partial charge in [0.15, 0.2) is 0 Å². The molecule has 0 bridgehead atoms. The lowest BCUT2D eigenvalue weighted by Crippen LogP contribution is -2.24. The summed E-state index contributed by atoms with van der Waals surface area (Å²) >= 11 is 0. The van der Waals surface area contributed by atoms with Gasteiger partial charge in [-0.15, -0.1) is 4.40 Å². The summed E-state index contributed by atoms with van der Waals surface area (Å²) in [5, 5.41) is 10.5. The van der Waals surface area contributed by atoms with Gasteiger partial charge in [-0.3, -0.25) is 10.1 Å². The van der Waals surface area contributed by atoms with Crippen LogP contribution in [0.4, 0.5) is 5.69 Å². The molecule has 0 amide bonds. The van der Waals surface area contributed by atoms with Crippen LogP contribution in [0.5, 0.6) is 0 Å². The second-order valence-electron chi connectivity index (χ2n) is 3.85. The predicted molar refractivity (Wildman–Crippen MR) is 68.2 cm³/mol. The van der Waals surface area contributed by atoms with Gasteiger partial charge < -0.3 is 4.90 Å². The molecular formula is C10H13N3O4S. The summed E-state index contributed by atoms with van der Waals surface area (Å²) in [5.41, 5.74) is 0.437. The zero-order chi connectivity index (χ0) is 13.9. The van der Waals surface area contributed by atoms with Gasteiger partial charge in [0.1, 0.15) is 5.84 Å². The molecule has 0 saturated carbocycles. The normalized spacial score (nSPS) is 12.3. The Labute approximate surface area is 105 Å². The van der Waals surface area contributed by atoms with Crippen molar-refractivity contribution >= 4 is 21.5 Å². The molecule has 1 rings (SSSR count). The molecule has 0 aliphatic carbocycles. The number of nitro benzene ring substituents is 1. The smallest absolute Gasteiger partial charge is 0.269 e. The lowest BCUT2D eigenvalue weighted by molar-refractivity contribution is -0.384. The van der Waals surface area contributed by atoms with Crippen molar-refractivity contribution in [1.29, 1.82) is 0 Å². The molecule has 0 N–H and O–H groups in total. The first-order valence-electron chi connectivity index (χ1n) is 4.93. The monoisotopic (exact) mass is 271 g/mol. The van der Waals surface area contributed by atoms with Crippen LogP contribution in [0.3, 0.4) is 0 Å². The Morgan fingerprint density at radius 1 is 1.28 bits per heavy atom. The van der Waals surface area contributed by atoms with Gasteiger partial charge in [0.25, 0.3) is 15.7 Å². The Morgan fingerprint density at radius 3 is 2.11 bits per heavy atom. The highest BCUT2D eigenvalue weighted by atomic mass is 32.2. The molecule has 8 heteroatoms. The molecule has 7 nitrogen and oxygen atoms in total. The van der Waals surface area contributed by atoms with E-state index in [2.05, 4.69) is 4.40 Å². The van der Waals surface area contributed by atoms with Crippen LogP contribution in [0.2, 0.25) is 0 Å². The third-order valence-corrected chi connectivity index (χ3v) is 2.52. The van der Waals surface area contributed by atoms with E-state index in [1.54, 1.807) is 14.1 Å². The van der Waals surface area contributed by atoms with Crippen LogP contribution >= 0.6 is 0 Å². The first-order valence-corrected chi connectivity index (χ1v) is 6.77. The van der Waals surface area contributed by atoms with Crippen molar-refractivity contribution in [3.63, 3.8) is 0 Å². The third-order valence-electron chi connectivity index (χ3n) is 2.01. The lowest BCUT2D eigenvalue weighted by Gasteiger charge is -2.15. The Bertz CT molecular complexity index is 576. The molecule has 0 saturated heterocycles. The Kier molecular flexibility index (Phi) is 4.02. The van der Waals surface area contributed by atoms with Crippen LogP contribution in [0.15, 0.2) is 28.7 Å². The van der Waals surface area contributed by atoms with E-state index in [-0.39, 0.29) is 11.5 Å². The van der Waals surface area contributed by atoms with Crippen LogP contribution in [0.1, 0.15) is 5.56 Å². The van der Waals surface area contributed by atoms with E-state index in [1.807, 2.05) is 0 Å². The summed E-state index contributed by atoms with van der Waals surface area (Å²) < 4.78 is 25.9. The molecule has 0 aliphatic rings. The molecule has 0 aliphatic heterocycles. The molecule has 98 valence electrons. The maximum absolute atomic E-state index is 11.2. The number of rotatable bonds is 3. The molecule has 0 fully saturated rings. The molecule has 0 atom stereocenters. The van der Waals surface area contributed by atoms with Crippen molar-refractivity contribution in [2.45, 2.75) is 0 Å². The van der Waals surface area contributed by atoms with E-state index >= 15 is 0 Å². The largest absolute Gasteiger partial charge is 0.362 e. The quantitative estimate of drug-likeness (QED) is 0.352. The average Bonchev–Trinajstić information content (AvgIpc) is 2.24. The molecule has 1 aromatic rings. The predicted octanol–water partition coefficient (Wildman–Crippen LogP) is 0.863. The van der Waals surface area contributed by atoms with Gasteiger partial charge >= 0.3 is 0 Å². The van der Waals surface area contributed by atoms with Gasteiger partial charge in [-0.2, -0.15) is 0 Å². The van der Waals surface area contributed by atoms with Crippen molar-refractivity contribution < 1.29 is 13.3 Å². The fraction of sp³-hybridized carbons (Fsp3) is 0.300. The summed E-state index contributed by atoms with van der Waals surface area (Å²) in [7, 11) is -0.242. The topological polar surface area (TPSA) is 92.9 Å². The second-order valence-corrected chi connectivity index (χ2v) is 5.49. The van der Waals surface area contributed by atoms with Crippen LogP contribution in [0.25, 0.3) is 0 Å². The molecule has 0 radical (unpaired) electrons. The Balaban J connectivity index is 3.24. The highest BCUT2D eigenvalue weighted by Crippen LogP contribution is 2.13. The van der Waals surface area contributed by atoms with Gasteiger partial charge in [0.2, 0.25) is 0 Å². The van der Waals surface area contributed by atoms with Gasteiger partial charge in [-0.05, 0) is 12.1 Å². The molecule has 18 heavy (non-hydrogen) atoms. The average molecular weight is 271 g/mol. The Morgan fingerprint density at radius 2 is 1.78 bits per heavy atom. The van der Waals surface area contributed by atoms with Gasteiger partial charge in [-0.25, -0.2) is 8.42 Å². The zero-order valence-electron chi connectivity index (χ0n) is 10.2. The Hall–Kier alpha value is -1.96. The van der Waals surface area contributed by atoms with Crippen LogP contribution in [0, 0.1) is 10.1 Å². The van der Waals surface area contributed by atoms with E-state index in [0.717, 1.165) is 6.26 Å². The van der Waals surface area contributed by atoms with E-state index < -0.39 is 14.9 Å². The minimum Gasteiger partial charge on any atom is -0.362 e. The van der Waals surface area contributed by atoms with Gasteiger partial charge in [0.05, 0.1) is 11.2 Å². The maximum atomic E-state index is 11.2. The highest BCUT2D eigenvalue weighted by molar-refractivity contribution is 7.89. The number of non-ortho nitro benzene ring substituents is 1. The fourth-order valence-corrected chi connectivity index (χ4v) is 1.86. The van der Waals surface area contributed by atoms with Crippen LogP contribution in [-0.4, -0.2) is 44.4 Å². The standard InChI is InChI=1S/C10H13N3O4S/c1-12(2)10(11-18(3,16)17)8-4-6-9(7-5-8)13(14)15/h4-7H,1-3H3/b11-10-. The SMILES string of the molecule is CN(C)/C(=N\S(C)(=O)=O)c1ccc([N+](=O)[O-])cc1. The van der Waals surface area contributed by atoms with E-state index in [0.29, 0.717) is 5.56 Å². The van der Waals surface area contributed by atoms with E-state index in [4.69, 9.17) is 0 Å². The molecule has 1 aromatic carbocycles. The fourth-order valence-electron chi connectivity index (χ4n) is 1.28. The summed E-state index contributed by atoms with van der Waals surface area (Å²) in [6.45, 7) is 0. The number of hydrogen-bond donors (Lipinski definition) is 0. The highest BCUT2D eigenvalue weighted by Gasteiger charge is 2.12. The third kappa shape index (κ3) is 3.81. The van der Waals surface area contributed by atoms with Crippen molar-refractivity contribution in [1.82, 2.24) is 4.90 Å². The number of hydrogen-bond acceptors (Lipinski definition) is 4. The number of nitrogens with zero attached hydrogens (tertiary/aromatic N) is 3. The molecule has 0 heterocycles. The zero-order valence-corrected chi connectivity index (χ0v) is 11.0. The summed E-state index contributed by atoms with van der Waals surface area (Å²) in [4.78, 5) is 11.5. The molecule has 0 aromatic heterocycles. The maximum Gasteiger partial charge on any atom is 0.269 e. The number of amidine groups is 1. The summed E-state index contributed by atoms with van der Waals surface area (Å²) in [5.74, 6) is 0.229. The first-order chi connectivity index (χ1) is 8.20. The second kappa shape index (κ2) is 5.13. The lowest BCUT2D eigenvalue weighted by atomic mass is 10.2. The van der Waals surface area contributed by atoms with E-state index in [9.17, 15) is 18.5 Å².